The highest BCUT2D eigenvalue weighted by Crippen LogP contribution is 2.18. The van der Waals surface area contributed by atoms with Crippen LogP contribution in [0, 0.1) is 6.92 Å². The molecule has 1 aliphatic rings. The first-order valence-corrected chi connectivity index (χ1v) is 12.3. The second kappa shape index (κ2) is 11.6. The number of rotatable bonds is 9. The Kier molecular flexibility index (Phi) is 8.10. The van der Waals surface area contributed by atoms with Crippen molar-refractivity contribution >= 4 is 17.7 Å². The van der Waals surface area contributed by atoms with Gasteiger partial charge in [0.15, 0.2) is 5.69 Å². The van der Waals surface area contributed by atoms with Crippen LogP contribution in [0.4, 0.5) is 0 Å². The molecule has 36 heavy (non-hydrogen) atoms. The Morgan fingerprint density at radius 2 is 1.97 bits per heavy atom. The smallest absolute Gasteiger partial charge is 0.274 e. The average molecular weight is 489 g/mol. The zero-order valence-electron chi connectivity index (χ0n) is 20.8. The molecular formula is C27H32N6O3. The van der Waals surface area contributed by atoms with Gasteiger partial charge < -0.3 is 15.1 Å². The van der Waals surface area contributed by atoms with Crippen LogP contribution in [0.25, 0.3) is 0 Å². The first-order valence-electron chi connectivity index (χ1n) is 12.3. The highest BCUT2D eigenvalue weighted by atomic mass is 16.2. The van der Waals surface area contributed by atoms with E-state index >= 15 is 0 Å². The van der Waals surface area contributed by atoms with Gasteiger partial charge in [-0.1, -0.05) is 35.9 Å². The van der Waals surface area contributed by atoms with Crippen LogP contribution in [0.5, 0.6) is 0 Å². The third-order valence-electron chi connectivity index (χ3n) is 6.23. The number of carbonyl (C=O) groups is 3. The van der Waals surface area contributed by atoms with Crippen LogP contribution in [0.2, 0.25) is 0 Å². The van der Waals surface area contributed by atoms with Gasteiger partial charge in [0.05, 0.1) is 12.2 Å². The number of pyridine rings is 1. The maximum Gasteiger partial charge on any atom is 0.274 e. The number of aromatic nitrogens is 3. The van der Waals surface area contributed by atoms with Gasteiger partial charge in [-0.3, -0.25) is 24.0 Å². The molecule has 9 nitrogen and oxygen atoms in total. The fraction of sp³-hybridized carbons (Fsp3) is 0.370. The summed E-state index contributed by atoms with van der Waals surface area (Å²) in [5.74, 6) is -0.569. The lowest BCUT2D eigenvalue weighted by atomic mass is 10.1. The minimum atomic E-state index is -0.284. The van der Waals surface area contributed by atoms with Crippen molar-refractivity contribution in [3.05, 3.63) is 82.9 Å². The molecule has 0 bridgehead atoms. The summed E-state index contributed by atoms with van der Waals surface area (Å²) in [6.45, 7) is 6.65. The number of hydrogen-bond acceptors (Lipinski definition) is 5. The van der Waals surface area contributed by atoms with Crippen molar-refractivity contribution in [2.75, 3.05) is 19.6 Å². The number of fused-ring (bicyclic) bond motifs is 1. The predicted molar refractivity (Wildman–Crippen MR) is 135 cm³/mol. The summed E-state index contributed by atoms with van der Waals surface area (Å²) in [5, 5.41) is 7.29. The lowest BCUT2D eigenvalue weighted by Crippen LogP contribution is -2.35. The number of hydrogen-bond donors (Lipinski definition) is 1. The Labute approximate surface area is 211 Å². The molecule has 2 aromatic heterocycles. The minimum absolute atomic E-state index is 0.127. The Balaban J connectivity index is 1.38. The average Bonchev–Trinajstić information content (AvgIpc) is 3.25. The number of aryl methyl sites for hydroxylation is 2. The molecule has 0 spiro atoms. The number of benzene rings is 1. The van der Waals surface area contributed by atoms with Crippen LogP contribution in [0.3, 0.4) is 0 Å². The molecule has 3 amide bonds. The minimum Gasteiger partial charge on any atom is -0.350 e. The number of carbonyl (C=O) groups excluding carboxylic acids is 3. The van der Waals surface area contributed by atoms with Crippen molar-refractivity contribution in [2.24, 2.45) is 0 Å². The van der Waals surface area contributed by atoms with Crippen LogP contribution < -0.4 is 5.32 Å². The van der Waals surface area contributed by atoms with Crippen molar-refractivity contribution in [3.8, 4) is 0 Å². The van der Waals surface area contributed by atoms with Gasteiger partial charge in [-0.15, -0.1) is 0 Å². The van der Waals surface area contributed by atoms with E-state index < -0.39 is 0 Å². The molecule has 3 heterocycles. The summed E-state index contributed by atoms with van der Waals surface area (Å²) >= 11 is 0. The van der Waals surface area contributed by atoms with Gasteiger partial charge in [0, 0.05) is 51.4 Å². The monoisotopic (exact) mass is 488 g/mol. The van der Waals surface area contributed by atoms with Crippen LogP contribution in [-0.4, -0.2) is 61.9 Å². The van der Waals surface area contributed by atoms with Gasteiger partial charge in [0.25, 0.3) is 11.8 Å². The van der Waals surface area contributed by atoms with Crippen LogP contribution >= 0.6 is 0 Å². The summed E-state index contributed by atoms with van der Waals surface area (Å²) in [7, 11) is 0. The Bertz CT molecular complexity index is 1220. The molecule has 0 atom stereocenters. The second-order valence-electron chi connectivity index (χ2n) is 8.94. The first-order chi connectivity index (χ1) is 17.4. The zero-order valence-corrected chi connectivity index (χ0v) is 20.8. The highest BCUT2D eigenvalue weighted by molar-refractivity contribution is 5.98. The molecule has 3 aromatic rings. The van der Waals surface area contributed by atoms with Crippen molar-refractivity contribution in [2.45, 2.75) is 46.3 Å². The van der Waals surface area contributed by atoms with Gasteiger partial charge in [0.1, 0.15) is 5.69 Å². The molecule has 0 radical (unpaired) electrons. The van der Waals surface area contributed by atoms with E-state index in [0.717, 1.165) is 23.2 Å². The van der Waals surface area contributed by atoms with Crippen molar-refractivity contribution in [3.63, 3.8) is 0 Å². The van der Waals surface area contributed by atoms with Crippen LogP contribution in [0.15, 0.2) is 54.7 Å². The molecule has 4 rings (SSSR count). The van der Waals surface area contributed by atoms with E-state index in [-0.39, 0.29) is 36.4 Å². The zero-order chi connectivity index (χ0) is 25.5. The lowest BCUT2D eigenvalue weighted by Gasteiger charge is -2.20. The van der Waals surface area contributed by atoms with Crippen molar-refractivity contribution in [1.29, 1.82) is 0 Å². The van der Waals surface area contributed by atoms with Gasteiger partial charge >= 0.3 is 0 Å². The quantitative estimate of drug-likeness (QED) is 0.499. The lowest BCUT2D eigenvalue weighted by molar-refractivity contribution is -0.121. The number of nitrogens with zero attached hydrogens (tertiary/aromatic N) is 5. The van der Waals surface area contributed by atoms with Crippen molar-refractivity contribution < 1.29 is 14.4 Å². The molecule has 0 fully saturated rings. The van der Waals surface area contributed by atoms with Gasteiger partial charge in [0.2, 0.25) is 5.91 Å². The molecule has 1 N–H and O–H groups in total. The maximum atomic E-state index is 13.3. The van der Waals surface area contributed by atoms with Gasteiger partial charge in [-0.25, -0.2) is 0 Å². The van der Waals surface area contributed by atoms with Gasteiger partial charge in [-0.05, 0) is 38.0 Å². The van der Waals surface area contributed by atoms with E-state index in [4.69, 9.17) is 0 Å². The third-order valence-corrected chi connectivity index (χ3v) is 6.23. The third kappa shape index (κ3) is 6.16. The summed E-state index contributed by atoms with van der Waals surface area (Å²) < 4.78 is 1.64. The maximum absolute atomic E-state index is 13.3. The van der Waals surface area contributed by atoms with E-state index in [1.807, 2.05) is 55.1 Å². The van der Waals surface area contributed by atoms with Crippen LogP contribution in [-0.2, 0) is 24.4 Å². The van der Waals surface area contributed by atoms with E-state index in [1.165, 1.54) is 0 Å². The largest absolute Gasteiger partial charge is 0.350 e. The van der Waals surface area contributed by atoms with E-state index in [2.05, 4.69) is 21.5 Å². The highest BCUT2D eigenvalue weighted by Gasteiger charge is 2.28. The molecule has 188 valence electrons. The molecule has 0 aliphatic carbocycles. The molecule has 0 saturated heterocycles. The SMILES string of the molecule is CCN(CCC(=O)NCc1ccccn1)C(=O)c1cc2n(n1)CCCN(Cc1cccc(C)c1)C2=O. The number of nitrogens with one attached hydrogen (secondary N) is 1. The molecule has 0 unspecified atom stereocenters. The summed E-state index contributed by atoms with van der Waals surface area (Å²) in [6.07, 6.45) is 2.61. The second-order valence-corrected chi connectivity index (χ2v) is 8.94. The fourth-order valence-corrected chi connectivity index (χ4v) is 4.30. The molecule has 0 saturated carbocycles. The van der Waals surface area contributed by atoms with E-state index in [9.17, 15) is 14.4 Å². The molecule has 9 heteroatoms. The normalized spacial score (nSPS) is 13.2. The predicted octanol–water partition coefficient (Wildman–Crippen LogP) is 2.80. The topological polar surface area (TPSA) is 100 Å². The molecular weight excluding hydrogens is 456 g/mol. The van der Waals surface area contributed by atoms with Crippen LogP contribution in [0.1, 0.15) is 57.6 Å². The summed E-state index contributed by atoms with van der Waals surface area (Å²) in [4.78, 5) is 46.3. The van der Waals surface area contributed by atoms with E-state index in [1.54, 1.807) is 21.8 Å². The Morgan fingerprint density at radius 3 is 2.72 bits per heavy atom. The first kappa shape index (κ1) is 25.1. The Morgan fingerprint density at radius 1 is 1.11 bits per heavy atom. The number of amides is 3. The summed E-state index contributed by atoms with van der Waals surface area (Å²) in [6, 6.07) is 15.2. The molecule has 1 aromatic carbocycles. The van der Waals surface area contributed by atoms with Crippen molar-refractivity contribution in [1.82, 2.24) is 29.9 Å². The van der Waals surface area contributed by atoms with Gasteiger partial charge in [-0.2, -0.15) is 5.10 Å². The standard InChI is InChI=1S/C27H32N6O3/c1-3-31(15-11-25(34)29-18-22-10-4-5-12-28-22)26(35)23-17-24-27(36)32(13-7-14-33(24)30-23)19-21-9-6-8-20(2)16-21/h4-6,8-10,12,16-17H,3,7,11,13-15,18-19H2,1-2H3,(H,29,34). The Hall–Kier alpha value is -4.01. The summed E-state index contributed by atoms with van der Waals surface area (Å²) in [5.41, 5.74) is 3.65. The molecule has 1 aliphatic heterocycles. The fourth-order valence-electron chi connectivity index (χ4n) is 4.30. The van der Waals surface area contributed by atoms with E-state index in [0.29, 0.717) is 38.4 Å².